The van der Waals surface area contributed by atoms with Crippen LogP contribution in [0.4, 0.5) is 0 Å². The maximum Gasteiger partial charge on any atom is 0.323 e. The first-order valence-corrected chi connectivity index (χ1v) is 9.70. The summed E-state index contributed by atoms with van der Waals surface area (Å²) in [5.74, 6) is -1.16. The number of sulfonamides is 1. The fourth-order valence-corrected chi connectivity index (χ4v) is 2.92. The van der Waals surface area contributed by atoms with Crippen LogP contribution in [0.5, 0.6) is 0 Å². The summed E-state index contributed by atoms with van der Waals surface area (Å²) in [6.45, 7) is 4.43. The Kier molecular flexibility index (Phi) is 8.91. The molecule has 0 saturated heterocycles. The van der Waals surface area contributed by atoms with Gasteiger partial charge in [-0.05, 0) is 39.2 Å². The molecule has 1 atom stereocenters. The van der Waals surface area contributed by atoms with E-state index in [1.54, 1.807) is 13.8 Å². The number of carbonyl (C=O) groups excluding carboxylic acids is 1. The second-order valence-corrected chi connectivity index (χ2v) is 7.84. The van der Waals surface area contributed by atoms with Crippen molar-refractivity contribution in [2.24, 2.45) is 0 Å². The lowest BCUT2D eigenvalue weighted by Crippen LogP contribution is -2.52. The van der Waals surface area contributed by atoms with Crippen molar-refractivity contribution in [3.05, 3.63) is 0 Å². The molecule has 0 aliphatic rings. The van der Waals surface area contributed by atoms with E-state index in [1.807, 2.05) is 6.26 Å². The van der Waals surface area contributed by atoms with Gasteiger partial charge in [-0.2, -0.15) is 11.8 Å². The Labute approximate surface area is 130 Å². The third-order valence-corrected chi connectivity index (χ3v) is 4.87. The Morgan fingerprint density at radius 3 is 2.29 bits per heavy atom. The van der Waals surface area contributed by atoms with Crippen molar-refractivity contribution >= 4 is 33.7 Å². The van der Waals surface area contributed by atoms with Crippen molar-refractivity contribution in [1.82, 2.24) is 9.62 Å². The topological polar surface area (TPSA) is 104 Å². The molecule has 21 heavy (non-hydrogen) atoms. The average molecular weight is 340 g/mol. The monoisotopic (exact) mass is 340 g/mol. The number of rotatable bonds is 10. The molecule has 2 N–H and O–H groups in total. The Bertz CT molecular complexity index is 451. The summed E-state index contributed by atoms with van der Waals surface area (Å²) in [5, 5.41) is 8.88. The second kappa shape index (κ2) is 9.26. The highest BCUT2D eigenvalue weighted by Crippen LogP contribution is 2.09. The number of hydrogen-bond acceptors (Lipinski definition) is 5. The summed E-state index contributed by atoms with van der Waals surface area (Å²) in [4.78, 5) is 24.5. The van der Waals surface area contributed by atoms with Crippen LogP contribution in [0.1, 0.15) is 27.2 Å². The van der Waals surface area contributed by atoms with E-state index in [2.05, 4.69) is 4.72 Å². The third kappa shape index (κ3) is 7.68. The number of nitrogens with one attached hydrogen (secondary N) is 1. The first kappa shape index (κ1) is 20.2. The molecule has 0 spiro atoms. The smallest absolute Gasteiger partial charge is 0.323 e. The number of aliphatic carboxylic acids is 1. The van der Waals surface area contributed by atoms with Crippen molar-refractivity contribution in [2.75, 3.05) is 24.3 Å². The van der Waals surface area contributed by atoms with Gasteiger partial charge in [-0.25, -0.2) is 13.1 Å². The van der Waals surface area contributed by atoms with Crippen molar-refractivity contribution < 1.29 is 23.1 Å². The molecule has 0 bridgehead atoms. The van der Waals surface area contributed by atoms with Crippen LogP contribution in [0.2, 0.25) is 0 Å². The zero-order valence-corrected chi connectivity index (χ0v) is 14.5. The van der Waals surface area contributed by atoms with E-state index in [4.69, 9.17) is 5.11 Å². The van der Waals surface area contributed by atoms with Gasteiger partial charge in [0.25, 0.3) is 0 Å². The second-order valence-electron chi connectivity index (χ2n) is 4.81. The molecular weight excluding hydrogens is 316 g/mol. The SMILES string of the molecule is CCS(=O)(=O)NC(CCSC)C(=O)N(CC(=O)O)C(C)C. The lowest BCUT2D eigenvalue weighted by atomic mass is 10.2. The van der Waals surface area contributed by atoms with Gasteiger partial charge in [0, 0.05) is 6.04 Å². The van der Waals surface area contributed by atoms with E-state index >= 15 is 0 Å². The zero-order valence-electron chi connectivity index (χ0n) is 12.8. The van der Waals surface area contributed by atoms with Gasteiger partial charge in [0.15, 0.2) is 0 Å². The lowest BCUT2D eigenvalue weighted by molar-refractivity contribution is -0.146. The molecule has 0 saturated carbocycles. The normalized spacial score (nSPS) is 13.2. The maximum atomic E-state index is 12.4. The molecule has 1 unspecified atom stereocenters. The molecule has 0 aromatic heterocycles. The standard InChI is InChI=1S/C12H24N2O5S2/c1-5-21(18,19)13-10(6-7-20-4)12(17)14(9(2)3)8-11(15)16/h9-10,13H,5-8H2,1-4H3,(H,15,16). The van der Waals surface area contributed by atoms with Gasteiger partial charge in [0.1, 0.15) is 12.6 Å². The number of amides is 1. The van der Waals surface area contributed by atoms with E-state index in [0.717, 1.165) is 0 Å². The summed E-state index contributed by atoms with van der Waals surface area (Å²) >= 11 is 1.49. The Morgan fingerprint density at radius 2 is 1.90 bits per heavy atom. The Hall–Kier alpha value is -0.800. The number of carboxylic acid groups (broad SMARTS) is 1. The summed E-state index contributed by atoms with van der Waals surface area (Å²) in [7, 11) is -3.54. The van der Waals surface area contributed by atoms with Crippen LogP contribution in [0.25, 0.3) is 0 Å². The Balaban J connectivity index is 5.18. The molecule has 7 nitrogen and oxygen atoms in total. The van der Waals surface area contributed by atoms with Gasteiger partial charge in [0.2, 0.25) is 15.9 Å². The Morgan fingerprint density at radius 1 is 1.33 bits per heavy atom. The average Bonchev–Trinajstić information content (AvgIpc) is 2.39. The van der Waals surface area contributed by atoms with Gasteiger partial charge in [-0.15, -0.1) is 0 Å². The molecule has 124 valence electrons. The number of carbonyl (C=O) groups is 2. The molecule has 0 rings (SSSR count). The van der Waals surface area contributed by atoms with Crippen LogP contribution >= 0.6 is 11.8 Å². The quantitative estimate of drug-likeness (QED) is 0.595. The largest absolute Gasteiger partial charge is 0.480 e. The highest BCUT2D eigenvalue weighted by atomic mass is 32.2. The highest BCUT2D eigenvalue weighted by Gasteiger charge is 2.30. The van der Waals surface area contributed by atoms with Gasteiger partial charge in [-0.1, -0.05) is 0 Å². The minimum atomic E-state index is -3.54. The summed E-state index contributed by atoms with van der Waals surface area (Å²) in [6.07, 6.45) is 2.18. The minimum absolute atomic E-state index is 0.128. The molecule has 0 aromatic rings. The highest BCUT2D eigenvalue weighted by molar-refractivity contribution is 7.98. The first-order valence-electron chi connectivity index (χ1n) is 6.65. The predicted octanol–water partition coefficient (Wildman–Crippen LogP) is 0.369. The van der Waals surface area contributed by atoms with Gasteiger partial charge in [0.05, 0.1) is 5.75 Å². The molecule has 0 fully saturated rings. The predicted molar refractivity (Wildman–Crippen MR) is 83.9 cm³/mol. The lowest BCUT2D eigenvalue weighted by Gasteiger charge is -2.29. The molecule has 0 aliphatic heterocycles. The molecule has 9 heteroatoms. The number of carboxylic acids is 1. The van der Waals surface area contributed by atoms with E-state index in [0.29, 0.717) is 12.2 Å². The fourth-order valence-electron chi connectivity index (χ4n) is 1.63. The van der Waals surface area contributed by atoms with Crippen molar-refractivity contribution in [3.8, 4) is 0 Å². The van der Waals surface area contributed by atoms with Gasteiger partial charge in [-0.3, -0.25) is 9.59 Å². The van der Waals surface area contributed by atoms with Crippen LogP contribution in [-0.4, -0.2) is 66.7 Å². The van der Waals surface area contributed by atoms with Crippen LogP contribution in [-0.2, 0) is 19.6 Å². The molecule has 0 radical (unpaired) electrons. The van der Waals surface area contributed by atoms with E-state index in [9.17, 15) is 18.0 Å². The number of thioether (sulfide) groups is 1. The van der Waals surface area contributed by atoms with E-state index in [-0.39, 0.29) is 11.8 Å². The summed E-state index contributed by atoms with van der Waals surface area (Å²) in [5.41, 5.74) is 0. The summed E-state index contributed by atoms with van der Waals surface area (Å²) in [6, 6.07) is -1.25. The maximum absolute atomic E-state index is 12.4. The van der Waals surface area contributed by atoms with Gasteiger partial charge >= 0.3 is 5.97 Å². The van der Waals surface area contributed by atoms with Crippen LogP contribution in [0.3, 0.4) is 0 Å². The minimum Gasteiger partial charge on any atom is -0.480 e. The van der Waals surface area contributed by atoms with Crippen molar-refractivity contribution in [1.29, 1.82) is 0 Å². The molecule has 0 heterocycles. The van der Waals surface area contributed by atoms with E-state index in [1.165, 1.54) is 23.6 Å². The third-order valence-electron chi connectivity index (χ3n) is 2.82. The van der Waals surface area contributed by atoms with Crippen molar-refractivity contribution in [2.45, 2.75) is 39.3 Å². The molecule has 0 aromatic carbocycles. The van der Waals surface area contributed by atoms with Crippen LogP contribution in [0.15, 0.2) is 0 Å². The number of nitrogens with zero attached hydrogens (tertiary/aromatic N) is 1. The first-order chi connectivity index (χ1) is 9.64. The van der Waals surface area contributed by atoms with E-state index < -0.39 is 34.5 Å². The van der Waals surface area contributed by atoms with Crippen LogP contribution in [0, 0.1) is 0 Å². The number of hydrogen-bond donors (Lipinski definition) is 2. The zero-order chi connectivity index (χ0) is 16.6. The molecule has 1 amide bonds. The summed E-state index contributed by atoms with van der Waals surface area (Å²) < 4.78 is 25.7. The molecular formula is C12H24N2O5S2. The van der Waals surface area contributed by atoms with Crippen LogP contribution < -0.4 is 4.72 Å². The fraction of sp³-hybridized carbons (Fsp3) is 0.833. The van der Waals surface area contributed by atoms with Gasteiger partial charge < -0.3 is 10.0 Å². The molecule has 0 aliphatic carbocycles. The van der Waals surface area contributed by atoms with Crippen molar-refractivity contribution in [3.63, 3.8) is 0 Å².